The fourth-order valence-corrected chi connectivity index (χ4v) is 0.134. The normalized spacial score (nSPS) is 11.5. The van der Waals surface area contributed by atoms with Gasteiger partial charge in [0.1, 0.15) is 5.76 Å². The van der Waals surface area contributed by atoms with E-state index in [-0.39, 0.29) is 0 Å². The fourth-order valence-electron chi connectivity index (χ4n) is 0.0445. The second-order valence-electron chi connectivity index (χ2n) is 0.924. The van der Waals surface area contributed by atoms with Crippen molar-refractivity contribution in [2.24, 2.45) is 0 Å². The molecule has 0 rings (SSSR count). The molecule has 0 aromatic carbocycles. The lowest BCUT2D eigenvalue weighted by Crippen LogP contribution is -1.72. The molecule has 2 heteroatoms. The average Bonchev–Trinajstić information content (AvgIpc) is 1.65. The summed E-state index contributed by atoms with van der Waals surface area (Å²) < 4.78 is 4.63. The zero-order chi connectivity index (χ0) is 4.99. The van der Waals surface area contributed by atoms with Crippen LogP contribution in [0.5, 0.6) is 0 Å². The van der Waals surface area contributed by atoms with Crippen LogP contribution in [-0.2, 0) is 4.74 Å². The van der Waals surface area contributed by atoms with E-state index in [0.29, 0.717) is 0 Å². The molecule has 0 aromatic heterocycles. The fraction of sp³-hybridized carbons (Fsp3) is 0.500. The van der Waals surface area contributed by atoms with Gasteiger partial charge >= 0.3 is 0 Å². The van der Waals surface area contributed by atoms with Gasteiger partial charge in [-0.2, -0.15) is 0 Å². The smallest absolute Gasteiger partial charge is 0.104 e. The highest BCUT2D eigenvalue weighted by Gasteiger charge is 1.73. The van der Waals surface area contributed by atoms with Crippen molar-refractivity contribution in [3.8, 4) is 0 Å². The highest BCUT2D eigenvalue weighted by Crippen LogP contribution is 1.92. The minimum atomic E-state index is 0.733. The van der Waals surface area contributed by atoms with E-state index < -0.39 is 0 Å². The van der Waals surface area contributed by atoms with Gasteiger partial charge in [0.05, 0.1) is 7.11 Å². The number of allylic oxidation sites excluding steroid dienone is 1. The van der Waals surface area contributed by atoms with Crippen molar-refractivity contribution in [3.63, 3.8) is 0 Å². The first-order valence-corrected chi connectivity index (χ1v) is 2.06. The Kier molecular flexibility index (Phi) is 2.95. The van der Waals surface area contributed by atoms with Crippen LogP contribution in [0.15, 0.2) is 11.3 Å². The zero-order valence-corrected chi connectivity index (χ0v) is 4.62. The Labute approximate surface area is 42.6 Å². The van der Waals surface area contributed by atoms with Gasteiger partial charge in [-0.15, -0.1) is 0 Å². The minimum absolute atomic E-state index is 0.733. The molecule has 0 bridgehead atoms. The van der Waals surface area contributed by atoms with Gasteiger partial charge < -0.3 is 4.74 Å². The molecule has 0 saturated heterocycles. The lowest BCUT2D eigenvalue weighted by molar-refractivity contribution is 0.294. The molecule has 0 unspecified atom stereocenters. The third-order valence-electron chi connectivity index (χ3n) is 0.476. The minimum Gasteiger partial charge on any atom is -0.500 e. The van der Waals surface area contributed by atoms with Crippen LogP contribution in [0.25, 0.3) is 0 Å². The number of methoxy groups -OCH3 is 1. The molecule has 0 saturated carbocycles. The maximum absolute atomic E-state index is 5.17. The molecule has 0 atom stereocenters. The van der Waals surface area contributed by atoms with Crippen LogP contribution in [-0.4, -0.2) is 7.11 Å². The van der Waals surface area contributed by atoms with Crippen LogP contribution in [0.2, 0.25) is 0 Å². The second kappa shape index (κ2) is 3.04. The maximum atomic E-state index is 5.17. The van der Waals surface area contributed by atoms with E-state index in [4.69, 9.17) is 11.6 Å². The number of hydrogen-bond acceptors (Lipinski definition) is 1. The van der Waals surface area contributed by atoms with E-state index in [0.717, 1.165) is 5.76 Å². The Morgan fingerprint density at radius 3 is 2.33 bits per heavy atom. The van der Waals surface area contributed by atoms with Gasteiger partial charge in [0.15, 0.2) is 0 Å². The van der Waals surface area contributed by atoms with Crippen LogP contribution < -0.4 is 0 Å². The second-order valence-corrected chi connectivity index (χ2v) is 1.14. The van der Waals surface area contributed by atoms with E-state index in [1.807, 2.05) is 0 Å². The first-order valence-electron chi connectivity index (χ1n) is 1.62. The Bertz CT molecular complexity index is 58.6. The molecular formula is C4H7ClO. The highest BCUT2D eigenvalue weighted by molar-refractivity contribution is 6.25. The molecule has 0 aromatic rings. The van der Waals surface area contributed by atoms with Gasteiger partial charge in [-0.3, -0.25) is 0 Å². The largest absolute Gasteiger partial charge is 0.500 e. The highest BCUT2D eigenvalue weighted by atomic mass is 35.5. The summed E-state index contributed by atoms with van der Waals surface area (Å²) in [6, 6.07) is 0. The van der Waals surface area contributed by atoms with E-state index in [1.165, 1.54) is 5.54 Å². The molecule has 0 spiro atoms. The van der Waals surface area contributed by atoms with Crippen molar-refractivity contribution < 1.29 is 4.74 Å². The van der Waals surface area contributed by atoms with Crippen LogP contribution >= 0.6 is 11.6 Å². The van der Waals surface area contributed by atoms with Crippen molar-refractivity contribution in [1.82, 2.24) is 0 Å². The Balaban J connectivity index is 3.22. The van der Waals surface area contributed by atoms with Gasteiger partial charge in [-0.05, 0) is 6.92 Å². The standard InChI is InChI=1S/C4H7ClO/c1-4(3-5)6-2/h3H,1-2H3. The van der Waals surface area contributed by atoms with Crippen LogP contribution in [0.3, 0.4) is 0 Å². The Morgan fingerprint density at radius 2 is 2.33 bits per heavy atom. The quantitative estimate of drug-likeness (QED) is 0.463. The predicted molar refractivity (Wildman–Crippen MR) is 26.6 cm³/mol. The van der Waals surface area contributed by atoms with Crippen molar-refractivity contribution in [1.29, 1.82) is 0 Å². The molecular weight excluding hydrogens is 99.5 g/mol. The number of hydrogen-bond donors (Lipinski definition) is 0. The molecule has 0 radical (unpaired) electrons. The van der Waals surface area contributed by atoms with Crippen molar-refractivity contribution in [2.45, 2.75) is 6.92 Å². The van der Waals surface area contributed by atoms with Crippen molar-refractivity contribution in [3.05, 3.63) is 11.3 Å². The molecule has 0 fully saturated rings. The van der Waals surface area contributed by atoms with Gasteiger partial charge in [0.2, 0.25) is 0 Å². The average molecular weight is 107 g/mol. The van der Waals surface area contributed by atoms with Gasteiger partial charge in [-0.25, -0.2) is 0 Å². The van der Waals surface area contributed by atoms with Crippen molar-refractivity contribution >= 4 is 11.6 Å². The summed E-state index contributed by atoms with van der Waals surface area (Å²) in [5.74, 6) is 0.733. The lowest BCUT2D eigenvalue weighted by Gasteiger charge is -1.90. The maximum Gasteiger partial charge on any atom is 0.104 e. The summed E-state index contributed by atoms with van der Waals surface area (Å²) in [5.41, 5.74) is 1.39. The van der Waals surface area contributed by atoms with E-state index in [1.54, 1.807) is 14.0 Å². The first kappa shape index (κ1) is 5.83. The Morgan fingerprint density at radius 1 is 1.83 bits per heavy atom. The first-order chi connectivity index (χ1) is 2.81. The number of rotatable bonds is 1. The van der Waals surface area contributed by atoms with Crippen LogP contribution in [0.1, 0.15) is 6.92 Å². The summed E-state index contributed by atoms with van der Waals surface area (Å²) in [4.78, 5) is 0. The number of halogens is 1. The molecule has 0 aliphatic heterocycles. The topological polar surface area (TPSA) is 9.23 Å². The van der Waals surface area contributed by atoms with E-state index >= 15 is 0 Å². The summed E-state index contributed by atoms with van der Waals surface area (Å²) >= 11 is 5.17. The molecule has 36 valence electrons. The van der Waals surface area contributed by atoms with Gasteiger partial charge in [-0.1, -0.05) is 11.6 Å². The summed E-state index contributed by atoms with van der Waals surface area (Å²) in [6.07, 6.45) is 0. The molecule has 0 aliphatic rings. The lowest BCUT2D eigenvalue weighted by atomic mass is 10.7. The molecule has 1 nitrogen and oxygen atoms in total. The third-order valence-corrected chi connectivity index (χ3v) is 0.783. The van der Waals surface area contributed by atoms with Crippen molar-refractivity contribution in [2.75, 3.05) is 7.11 Å². The Hall–Kier alpha value is -0.170. The summed E-state index contributed by atoms with van der Waals surface area (Å²) in [7, 11) is 1.58. The van der Waals surface area contributed by atoms with E-state index in [9.17, 15) is 0 Å². The molecule has 0 amide bonds. The van der Waals surface area contributed by atoms with Gasteiger partial charge in [0, 0.05) is 5.54 Å². The molecule has 0 heterocycles. The molecule has 0 aliphatic carbocycles. The number of ether oxygens (including phenoxy) is 1. The summed E-state index contributed by atoms with van der Waals surface area (Å²) in [6.45, 7) is 1.78. The predicted octanol–water partition coefficient (Wildman–Crippen LogP) is 1.73. The summed E-state index contributed by atoms with van der Waals surface area (Å²) in [5, 5.41) is 0. The van der Waals surface area contributed by atoms with Crippen LogP contribution in [0.4, 0.5) is 0 Å². The monoisotopic (exact) mass is 106 g/mol. The zero-order valence-electron chi connectivity index (χ0n) is 3.86. The third kappa shape index (κ3) is 2.09. The molecule has 0 N–H and O–H groups in total. The van der Waals surface area contributed by atoms with Gasteiger partial charge in [0.25, 0.3) is 0 Å². The van der Waals surface area contributed by atoms with Crippen LogP contribution in [0, 0.1) is 0 Å². The SMILES string of the molecule is COC(C)=CCl. The molecule has 6 heavy (non-hydrogen) atoms. The van der Waals surface area contributed by atoms with E-state index in [2.05, 4.69) is 4.74 Å².